The zero-order valence-corrected chi connectivity index (χ0v) is 22.4. The molecular formula is C32H37NO4. The van der Waals surface area contributed by atoms with Gasteiger partial charge in [-0.15, -0.1) is 0 Å². The number of furan rings is 1. The molecule has 3 aromatic carbocycles. The van der Waals surface area contributed by atoms with E-state index in [4.69, 9.17) is 13.9 Å². The van der Waals surface area contributed by atoms with Gasteiger partial charge in [-0.2, -0.15) is 0 Å². The van der Waals surface area contributed by atoms with E-state index in [0.29, 0.717) is 29.3 Å². The third-order valence-electron chi connectivity index (χ3n) is 6.56. The molecule has 0 bridgehead atoms. The van der Waals surface area contributed by atoms with Crippen LogP contribution in [-0.2, 0) is 18.7 Å². The Labute approximate surface area is 220 Å². The predicted octanol–water partition coefficient (Wildman–Crippen LogP) is 6.55. The minimum atomic E-state index is -1.48. The van der Waals surface area contributed by atoms with Crippen molar-refractivity contribution in [3.8, 4) is 11.5 Å². The van der Waals surface area contributed by atoms with Crippen molar-refractivity contribution in [3.05, 3.63) is 119 Å². The van der Waals surface area contributed by atoms with Crippen molar-refractivity contribution in [2.24, 2.45) is 5.92 Å². The van der Waals surface area contributed by atoms with Gasteiger partial charge in [-0.25, -0.2) is 0 Å². The highest BCUT2D eigenvalue weighted by atomic mass is 16.5. The van der Waals surface area contributed by atoms with Crippen LogP contribution in [-0.4, -0.2) is 30.8 Å². The molecule has 1 aromatic heterocycles. The largest absolute Gasteiger partial charge is 0.497 e. The first-order valence-electron chi connectivity index (χ1n) is 12.7. The molecule has 5 heteroatoms. The lowest BCUT2D eigenvalue weighted by Crippen LogP contribution is -2.28. The number of ether oxygens (including phenoxy) is 2. The molecule has 0 aliphatic heterocycles. The molecule has 0 atom stereocenters. The number of aliphatic hydroxyl groups is 1. The number of methoxy groups -OCH3 is 2. The molecule has 0 saturated heterocycles. The van der Waals surface area contributed by atoms with Crippen molar-refractivity contribution in [1.29, 1.82) is 0 Å². The van der Waals surface area contributed by atoms with E-state index >= 15 is 0 Å². The van der Waals surface area contributed by atoms with Crippen molar-refractivity contribution < 1.29 is 19.0 Å². The Bertz CT molecular complexity index is 1210. The fraction of sp³-hybridized carbons (Fsp3) is 0.312. The highest BCUT2D eigenvalue weighted by Crippen LogP contribution is 2.39. The van der Waals surface area contributed by atoms with Crippen LogP contribution in [0, 0.1) is 12.8 Å². The fourth-order valence-corrected chi connectivity index (χ4v) is 4.65. The van der Waals surface area contributed by atoms with E-state index in [1.807, 2.05) is 60.7 Å². The Hall–Kier alpha value is -3.54. The summed E-state index contributed by atoms with van der Waals surface area (Å²) in [5.41, 5.74) is 2.43. The van der Waals surface area contributed by atoms with E-state index in [1.54, 1.807) is 14.2 Å². The molecule has 0 unspecified atom stereocenters. The molecule has 0 amide bonds. The van der Waals surface area contributed by atoms with Crippen molar-refractivity contribution in [2.45, 2.75) is 39.5 Å². The quantitative estimate of drug-likeness (QED) is 0.254. The Balaban J connectivity index is 1.66. The van der Waals surface area contributed by atoms with Gasteiger partial charge in [0.1, 0.15) is 23.0 Å². The lowest BCUT2D eigenvalue weighted by atomic mass is 9.84. The van der Waals surface area contributed by atoms with Crippen LogP contribution in [0.15, 0.2) is 89.3 Å². The summed E-state index contributed by atoms with van der Waals surface area (Å²) in [5.74, 6) is 3.24. The smallest absolute Gasteiger partial charge is 0.173 e. The molecule has 0 fully saturated rings. The average molecular weight is 500 g/mol. The molecule has 194 valence electrons. The normalized spacial score (nSPS) is 11.8. The third kappa shape index (κ3) is 6.24. The highest BCUT2D eigenvalue weighted by Gasteiger charge is 2.37. The van der Waals surface area contributed by atoms with Crippen molar-refractivity contribution >= 4 is 0 Å². The van der Waals surface area contributed by atoms with Gasteiger partial charge >= 0.3 is 0 Å². The molecule has 1 N–H and O–H groups in total. The highest BCUT2D eigenvalue weighted by molar-refractivity contribution is 5.46. The van der Waals surface area contributed by atoms with E-state index in [1.165, 1.54) is 11.1 Å². The summed E-state index contributed by atoms with van der Waals surface area (Å²) in [6.45, 7) is 8.96. The van der Waals surface area contributed by atoms with Gasteiger partial charge in [0.25, 0.3) is 0 Å². The summed E-state index contributed by atoms with van der Waals surface area (Å²) in [6.07, 6.45) is 0. The zero-order valence-electron chi connectivity index (χ0n) is 22.4. The number of hydrogen-bond donors (Lipinski definition) is 1. The first-order valence-corrected chi connectivity index (χ1v) is 12.7. The second-order valence-electron chi connectivity index (χ2n) is 9.98. The van der Waals surface area contributed by atoms with Gasteiger partial charge in [-0.05, 0) is 65.9 Å². The van der Waals surface area contributed by atoms with Crippen LogP contribution < -0.4 is 9.47 Å². The second kappa shape index (κ2) is 11.7. The van der Waals surface area contributed by atoms with Gasteiger partial charge in [0.05, 0.1) is 20.8 Å². The predicted molar refractivity (Wildman–Crippen MR) is 147 cm³/mol. The number of nitrogens with zero attached hydrogens (tertiary/aromatic N) is 1. The number of aryl methyl sites for hydroxylation is 1. The molecule has 4 rings (SSSR count). The van der Waals surface area contributed by atoms with Crippen LogP contribution in [0.2, 0.25) is 0 Å². The minimum absolute atomic E-state index is 0.470. The summed E-state index contributed by atoms with van der Waals surface area (Å²) >= 11 is 0. The summed E-state index contributed by atoms with van der Waals surface area (Å²) < 4.78 is 17.0. The molecule has 4 aromatic rings. The molecular weight excluding hydrogens is 462 g/mol. The number of benzene rings is 3. The molecule has 0 spiro atoms. The molecule has 0 aliphatic carbocycles. The lowest BCUT2D eigenvalue weighted by Gasteiger charge is -2.28. The summed E-state index contributed by atoms with van der Waals surface area (Å²) in [5, 5.41) is 12.2. The van der Waals surface area contributed by atoms with Crippen LogP contribution in [0.1, 0.15) is 47.6 Å². The van der Waals surface area contributed by atoms with Crippen LogP contribution >= 0.6 is 0 Å². The van der Waals surface area contributed by atoms with Gasteiger partial charge in [-0.3, -0.25) is 4.90 Å². The van der Waals surface area contributed by atoms with Crippen molar-refractivity contribution in [2.75, 3.05) is 20.8 Å². The molecule has 1 heterocycles. The number of hydrogen-bond acceptors (Lipinski definition) is 5. The fourth-order valence-electron chi connectivity index (χ4n) is 4.65. The average Bonchev–Trinajstić information content (AvgIpc) is 3.38. The van der Waals surface area contributed by atoms with Gasteiger partial charge < -0.3 is 19.0 Å². The zero-order chi connectivity index (χ0) is 26.4. The van der Waals surface area contributed by atoms with Gasteiger partial charge in [0, 0.05) is 13.1 Å². The standard InChI is InChI=1S/C32H37NO4/c1-23(2)20-33(21-25-8-6-24(3)7-9-25)22-30-18-19-31(37-30)32(34,26-10-14-28(35-4)15-11-26)27-12-16-29(36-5)17-13-27/h6-19,23,34H,20-22H2,1-5H3. The summed E-state index contributed by atoms with van der Waals surface area (Å²) in [7, 11) is 3.26. The number of rotatable bonds is 11. The van der Waals surface area contributed by atoms with Crippen molar-refractivity contribution in [3.63, 3.8) is 0 Å². The maximum atomic E-state index is 12.2. The maximum Gasteiger partial charge on any atom is 0.173 e. The SMILES string of the molecule is COc1ccc(C(O)(c2ccc(OC)cc2)c2ccc(CN(Cc3ccc(C)cc3)CC(C)C)o2)cc1. The van der Waals surface area contributed by atoms with Crippen LogP contribution in [0.5, 0.6) is 11.5 Å². The van der Waals surface area contributed by atoms with Gasteiger partial charge in [-0.1, -0.05) is 67.9 Å². The molecule has 37 heavy (non-hydrogen) atoms. The topological polar surface area (TPSA) is 55.1 Å². The Kier molecular flexibility index (Phi) is 8.37. The Morgan fingerprint density at radius 1 is 0.757 bits per heavy atom. The summed E-state index contributed by atoms with van der Waals surface area (Å²) in [6, 6.07) is 27.4. The molecule has 0 radical (unpaired) electrons. The van der Waals surface area contributed by atoms with E-state index in [9.17, 15) is 5.11 Å². The van der Waals surface area contributed by atoms with Gasteiger partial charge in [0.2, 0.25) is 0 Å². The van der Waals surface area contributed by atoms with Crippen LogP contribution in [0.3, 0.4) is 0 Å². The van der Waals surface area contributed by atoms with Gasteiger partial charge in [0.15, 0.2) is 5.60 Å². The summed E-state index contributed by atoms with van der Waals surface area (Å²) in [4.78, 5) is 2.39. The first kappa shape index (κ1) is 26.5. The van der Waals surface area contributed by atoms with Crippen LogP contribution in [0.25, 0.3) is 0 Å². The first-order chi connectivity index (χ1) is 17.8. The molecule has 0 saturated carbocycles. The Morgan fingerprint density at radius 3 is 1.78 bits per heavy atom. The Morgan fingerprint density at radius 2 is 1.30 bits per heavy atom. The van der Waals surface area contributed by atoms with E-state index in [2.05, 4.69) is 49.9 Å². The minimum Gasteiger partial charge on any atom is -0.497 e. The molecule has 5 nitrogen and oxygen atoms in total. The monoisotopic (exact) mass is 499 g/mol. The van der Waals surface area contributed by atoms with E-state index < -0.39 is 5.60 Å². The van der Waals surface area contributed by atoms with E-state index in [0.717, 1.165) is 30.3 Å². The third-order valence-corrected chi connectivity index (χ3v) is 6.56. The van der Waals surface area contributed by atoms with Crippen LogP contribution in [0.4, 0.5) is 0 Å². The maximum absolute atomic E-state index is 12.2. The van der Waals surface area contributed by atoms with Crippen molar-refractivity contribution in [1.82, 2.24) is 4.90 Å². The van der Waals surface area contributed by atoms with E-state index in [-0.39, 0.29) is 0 Å². The second-order valence-corrected chi connectivity index (χ2v) is 9.98. The lowest BCUT2D eigenvalue weighted by molar-refractivity contribution is 0.0947. The molecule has 0 aliphatic rings.